The standard InChI is InChI=1S/C12H7N3O3/c16-12(17)10-14-11(18-15-10)9-8-4-2-1-3-7(8)5-6-13-9/h1-6H,(H,16,17). The smallest absolute Gasteiger partial charge is 0.377 e. The Bertz CT molecular complexity index is 731. The van der Waals surface area contributed by atoms with Crippen molar-refractivity contribution in [2.24, 2.45) is 0 Å². The fraction of sp³-hybridized carbons (Fsp3) is 0. The van der Waals surface area contributed by atoms with Gasteiger partial charge in [-0.15, -0.1) is 0 Å². The first kappa shape index (κ1) is 10.4. The van der Waals surface area contributed by atoms with E-state index in [0.29, 0.717) is 5.69 Å². The maximum Gasteiger partial charge on any atom is 0.377 e. The van der Waals surface area contributed by atoms with Crippen LogP contribution in [-0.2, 0) is 0 Å². The Morgan fingerprint density at radius 3 is 2.83 bits per heavy atom. The molecular weight excluding hydrogens is 234 g/mol. The number of benzene rings is 1. The number of pyridine rings is 1. The molecule has 1 N–H and O–H groups in total. The van der Waals surface area contributed by atoms with E-state index < -0.39 is 5.97 Å². The molecule has 1 aromatic carbocycles. The molecule has 6 nitrogen and oxygen atoms in total. The van der Waals surface area contributed by atoms with Crippen molar-refractivity contribution in [2.75, 3.05) is 0 Å². The predicted octanol–water partition coefficient (Wildman–Crippen LogP) is 1.98. The molecule has 2 heterocycles. The second-order valence-corrected chi connectivity index (χ2v) is 3.61. The Hall–Kier alpha value is -2.76. The third-order valence-corrected chi connectivity index (χ3v) is 2.49. The van der Waals surface area contributed by atoms with Gasteiger partial charge in [0.2, 0.25) is 0 Å². The van der Waals surface area contributed by atoms with E-state index in [1.165, 1.54) is 0 Å². The van der Waals surface area contributed by atoms with Gasteiger partial charge in [-0.1, -0.05) is 24.3 Å². The Morgan fingerprint density at radius 2 is 2.06 bits per heavy atom. The van der Waals surface area contributed by atoms with E-state index in [1.54, 1.807) is 6.20 Å². The minimum Gasteiger partial charge on any atom is -0.475 e. The van der Waals surface area contributed by atoms with E-state index in [-0.39, 0.29) is 11.7 Å². The van der Waals surface area contributed by atoms with Gasteiger partial charge in [0.15, 0.2) is 0 Å². The highest BCUT2D eigenvalue weighted by atomic mass is 16.5. The predicted molar refractivity (Wildman–Crippen MR) is 62.0 cm³/mol. The van der Waals surface area contributed by atoms with E-state index in [0.717, 1.165) is 10.8 Å². The van der Waals surface area contributed by atoms with Gasteiger partial charge in [-0.2, -0.15) is 4.98 Å². The van der Waals surface area contributed by atoms with Crippen LogP contribution in [0, 0.1) is 0 Å². The van der Waals surface area contributed by atoms with Crippen LogP contribution < -0.4 is 0 Å². The van der Waals surface area contributed by atoms with Crippen LogP contribution in [0.5, 0.6) is 0 Å². The van der Waals surface area contributed by atoms with Crippen molar-refractivity contribution < 1.29 is 14.4 Å². The van der Waals surface area contributed by atoms with Crippen molar-refractivity contribution in [3.63, 3.8) is 0 Å². The largest absolute Gasteiger partial charge is 0.475 e. The number of carboxylic acids is 1. The molecule has 2 aromatic heterocycles. The van der Waals surface area contributed by atoms with Crippen LogP contribution in [-0.4, -0.2) is 26.2 Å². The Balaban J connectivity index is 2.21. The summed E-state index contributed by atoms with van der Waals surface area (Å²) in [7, 11) is 0. The van der Waals surface area contributed by atoms with Gasteiger partial charge in [0, 0.05) is 11.6 Å². The van der Waals surface area contributed by atoms with Crippen molar-refractivity contribution in [3.8, 4) is 11.6 Å². The monoisotopic (exact) mass is 241 g/mol. The number of fused-ring (bicyclic) bond motifs is 1. The molecule has 3 rings (SSSR count). The van der Waals surface area contributed by atoms with Crippen molar-refractivity contribution in [1.82, 2.24) is 15.1 Å². The first-order chi connectivity index (χ1) is 8.75. The minimum absolute atomic E-state index is 0.101. The zero-order valence-electron chi connectivity index (χ0n) is 9.07. The van der Waals surface area contributed by atoms with Gasteiger partial charge in [0.1, 0.15) is 5.69 Å². The zero-order valence-corrected chi connectivity index (χ0v) is 9.07. The number of aromatic nitrogens is 3. The summed E-state index contributed by atoms with van der Waals surface area (Å²) in [5, 5.41) is 13.9. The molecule has 0 saturated heterocycles. The summed E-state index contributed by atoms with van der Waals surface area (Å²) >= 11 is 0. The fourth-order valence-electron chi connectivity index (χ4n) is 1.70. The molecular formula is C12H7N3O3. The number of carboxylic acid groups (broad SMARTS) is 1. The molecule has 88 valence electrons. The van der Waals surface area contributed by atoms with Crippen molar-refractivity contribution in [2.45, 2.75) is 0 Å². The summed E-state index contributed by atoms with van der Waals surface area (Å²) in [5.74, 6) is -1.51. The van der Waals surface area contributed by atoms with Gasteiger partial charge in [0.25, 0.3) is 11.7 Å². The summed E-state index contributed by atoms with van der Waals surface area (Å²) in [4.78, 5) is 18.7. The molecule has 6 heteroatoms. The summed E-state index contributed by atoms with van der Waals surface area (Å²) in [6, 6.07) is 9.41. The second kappa shape index (κ2) is 3.92. The topological polar surface area (TPSA) is 89.1 Å². The molecule has 0 saturated carbocycles. The number of aromatic carboxylic acids is 1. The molecule has 0 aliphatic heterocycles. The Morgan fingerprint density at radius 1 is 1.22 bits per heavy atom. The number of hydrogen-bond donors (Lipinski definition) is 1. The van der Waals surface area contributed by atoms with Gasteiger partial charge < -0.3 is 9.63 Å². The summed E-state index contributed by atoms with van der Waals surface area (Å²) in [6.45, 7) is 0. The molecule has 0 atom stereocenters. The van der Waals surface area contributed by atoms with Gasteiger partial charge in [-0.25, -0.2) is 4.79 Å². The van der Waals surface area contributed by atoms with Crippen LogP contribution >= 0.6 is 0 Å². The molecule has 0 spiro atoms. The minimum atomic E-state index is -1.23. The summed E-state index contributed by atoms with van der Waals surface area (Å²) in [6.07, 6.45) is 1.61. The third kappa shape index (κ3) is 1.60. The molecule has 3 aromatic rings. The van der Waals surface area contributed by atoms with Crippen LogP contribution in [0.2, 0.25) is 0 Å². The molecule has 0 amide bonds. The lowest BCUT2D eigenvalue weighted by Gasteiger charge is -2.00. The van der Waals surface area contributed by atoms with Crippen molar-refractivity contribution >= 4 is 16.7 Å². The highest BCUT2D eigenvalue weighted by molar-refractivity contribution is 5.93. The summed E-state index contributed by atoms with van der Waals surface area (Å²) in [5.41, 5.74) is 0.480. The zero-order chi connectivity index (χ0) is 12.5. The lowest BCUT2D eigenvalue weighted by molar-refractivity contribution is 0.0680. The second-order valence-electron chi connectivity index (χ2n) is 3.61. The Labute approximate surface area is 101 Å². The van der Waals surface area contributed by atoms with Crippen LogP contribution in [0.4, 0.5) is 0 Å². The van der Waals surface area contributed by atoms with Gasteiger partial charge in [-0.05, 0) is 16.6 Å². The number of rotatable bonds is 2. The molecule has 0 aliphatic carbocycles. The van der Waals surface area contributed by atoms with Crippen LogP contribution in [0.15, 0.2) is 41.1 Å². The molecule has 0 fully saturated rings. The van der Waals surface area contributed by atoms with E-state index in [9.17, 15) is 4.79 Å². The first-order valence-electron chi connectivity index (χ1n) is 5.17. The van der Waals surface area contributed by atoms with Crippen molar-refractivity contribution in [3.05, 3.63) is 42.4 Å². The number of carbonyl (C=O) groups is 1. The lowest BCUT2D eigenvalue weighted by atomic mass is 10.1. The van der Waals surface area contributed by atoms with Crippen LogP contribution in [0.25, 0.3) is 22.4 Å². The quantitative estimate of drug-likeness (QED) is 0.737. The van der Waals surface area contributed by atoms with Gasteiger partial charge in [0.05, 0.1) is 0 Å². The molecule has 0 bridgehead atoms. The Kier molecular flexibility index (Phi) is 2.26. The first-order valence-corrected chi connectivity index (χ1v) is 5.17. The van der Waals surface area contributed by atoms with Gasteiger partial charge in [-0.3, -0.25) is 4.98 Å². The van der Waals surface area contributed by atoms with Crippen LogP contribution in [0.1, 0.15) is 10.6 Å². The highest BCUT2D eigenvalue weighted by Crippen LogP contribution is 2.24. The maximum absolute atomic E-state index is 10.7. The van der Waals surface area contributed by atoms with E-state index in [2.05, 4.69) is 15.1 Å². The SMILES string of the molecule is O=C(O)c1noc(-c2nccc3ccccc23)n1. The molecule has 0 radical (unpaired) electrons. The number of hydrogen-bond acceptors (Lipinski definition) is 5. The maximum atomic E-state index is 10.7. The number of nitrogens with zero attached hydrogens (tertiary/aromatic N) is 3. The molecule has 18 heavy (non-hydrogen) atoms. The van der Waals surface area contributed by atoms with E-state index in [1.807, 2.05) is 30.3 Å². The van der Waals surface area contributed by atoms with Crippen LogP contribution in [0.3, 0.4) is 0 Å². The normalized spacial score (nSPS) is 10.7. The average molecular weight is 241 g/mol. The van der Waals surface area contributed by atoms with Gasteiger partial charge >= 0.3 is 5.97 Å². The highest BCUT2D eigenvalue weighted by Gasteiger charge is 2.16. The molecule has 0 unspecified atom stereocenters. The lowest BCUT2D eigenvalue weighted by Crippen LogP contribution is -1.98. The summed E-state index contributed by atoms with van der Waals surface area (Å²) < 4.78 is 4.92. The fourth-order valence-corrected chi connectivity index (χ4v) is 1.70. The van der Waals surface area contributed by atoms with Crippen molar-refractivity contribution in [1.29, 1.82) is 0 Å². The molecule has 0 aliphatic rings. The average Bonchev–Trinajstić information content (AvgIpc) is 2.87. The van der Waals surface area contributed by atoms with E-state index >= 15 is 0 Å². The van der Waals surface area contributed by atoms with E-state index in [4.69, 9.17) is 9.63 Å². The third-order valence-electron chi connectivity index (χ3n) is 2.49.